The summed E-state index contributed by atoms with van der Waals surface area (Å²) in [6.07, 6.45) is 3.56. The molecule has 1 atom stereocenters. The van der Waals surface area contributed by atoms with Crippen molar-refractivity contribution in [1.82, 2.24) is 15.3 Å². The number of aromatic nitrogens is 2. The van der Waals surface area contributed by atoms with Crippen LogP contribution in [-0.2, 0) is 24.1 Å². The van der Waals surface area contributed by atoms with Crippen LogP contribution >= 0.6 is 0 Å². The number of aryl methyl sites for hydroxylation is 1. The molecular formula is C12H21N3O. The molecule has 1 heterocycles. The fourth-order valence-corrected chi connectivity index (χ4v) is 2.18. The molecule has 1 unspecified atom stereocenters. The molecular weight excluding hydrogens is 202 g/mol. The van der Waals surface area contributed by atoms with Gasteiger partial charge in [0.2, 0.25) is 0 Å². The zero-order valence-electron chi connectivity index (χ0n) is 10.2. The molecule has 1 aliphatic rings. The van der Waals surface area contributed by atoms with Gasteiger partial charge in [-0.1, -0.05) is 6.92 Å². The Hall–Kier alpha value is -0.870. The summed E-state index contributed by atoms with van der Waals surface area (Å²) in [6.45, 7) is 4.74. The number of ether oxygens (including phenoxy) is 1. The lowest BCUT2D eigenvalue weighted by atomic mass is 9.92. The lowest BCUT2D eigenvalue weighted by Gasteiger charge is -2.15. The summed E-state index contributed by atoms with van der Waals surface area (Å²) in [5.41, 5.74) is 2.63. The van der Waals surface area contributed by atoms with E-state index in [1.165, 1.54) is 17.8 Å². The van der Waals surface area contributed by atoms with E-state index in [9.17, 15) is 0 Å². The van der Waals surface area contributed by atoms with Crippen LogP contribution in [0.1, 0.15) is 30.6 Å². The number of nitrogens with one attached hydrogen (secondary N) is 2. The van der Waals surface area contributed by atoms with Crippen LogP contribution in [0.25, 0.3) is 0 Å². The second kappa shape index (κ2) is 5.46. The van der Waals surface area contributed by atoms with E-state index in [1.54, 1.807) is 7.11 Å². The van der Waals surface area contributed by atoms with Crippen molar-refractivity contribution in [3.8, 4) is 0 Å². The minimum atomic E-state index is 0.747. The average Bonchev–Trinajstić information content (AvgIpc) is 2.66. The van der Waals surface area contributed by atoms with E-state index in [2.05, 4.69) is 22.2 Å². The van der Waals surface area contributed by atoms with Crippen molar-refractivity contribution >= 4 is 0 Å². The molecule has 0 saturated carbocycles. The van der Waals surface area contributed by atoms with Gasteiger partial charge in [-0.05, 0) is 25.2 Å². The molecule has 0 bridgehead atoms. The molecule has 0 aliphatic heterocycles. The largest absolute Gasteiger partial charge is 0.383 e. The molecule has 1 aliphatic carbocycles. The van der Waals surface area contributed by atoms with Crippen molar-refractivity contribution < 1.29 is 4.74 Å². The van der Waals surface area contributed by atoms with Gasteiger partial charge in [0.25, 0.3) is 0 Å². The van der Waals surface area contributed by atoms with Gasteiger partial charge in [0.05, 0.1) is 18.8 Å². The van der Waals surface area contributed by atoms with Crippen molar-refractivity contribution in [2.75, 3.05) is 20.3 Å². The Morgan fingerprint density at radius 2 is 2.44 bits per heavy atom. The van der Waals surface area contributed by atoms with Crippen molar-refractivity contribution in [1.29, 1.82) is 0 Å². The van der Waals surface area contributed by atoms with Crippen LogP contribution in [0.4, 0.5) is 0 Å². The monoisotopic (exact) mass is 223 g/mol. The molecule has 0 fully saturated rings. The Morgan fingerprint density at radius 1 is 1.56 bits per heavy atom. The molecule has 2 N–H and O–H groups in total. The Labute approximate surface area is 96.8 Å². The van der Waals surface area contributed by atoms with Gasteiger partial charge in [0, 0.05) is 19.3 Å². The first-order valence-electron chi connectivity index (χ1n) is 6.06. The van der Waals surface area contributed by atoms with Gasteiger partial charge < -0.3 is 15.0 Å². The zero-order chi connectivity index (χ0) is 11.4. The normalized spacial score (nSPS) is 19.8. The predicted molar refractivity (Wildman–Crippen MR) is 63.4 cm³/mol. The Bertz CT molecular complexity index is 335. The third-order valence-electron chi connectivity index (χ3n) is 3.12. The molecule has 16 heavy (non-hydrogen) atoms. The minimum Gasteiger partial charge on any atom is -0.383 e. The number of H-pyrrole nitrogens is 1. The molecule has 2 rings (SSSR count). The van der Waals surface area contributed by atoms with Gasteiger partial charge >= 0.3 is 0 Å². The highest BCUT2D eigenvalue weighted by atomic mass is 16.5. The van der Waals surface area contributed by atoms with Crippen LogP contribution in [-0.4, -0.2) is 30.2 Å². The van der Waals surface area contributed by atoms with Crippen LogP contribution in [0.5, 0.6) is 0 Å². The number of rotatable bonds is 5. The van der Waals surface area contributed by atoms with Gasteiger partial charge in [0.1, 0.15) is 5.82 Å². The molecule has 0 saturated heterocycles. The first-order chi connectivity index (χ1) is 7.79. The number of hydrogen-bond donors (Lipinski definition) is 2. The van der Waals surface area contributed by atoms with Gasteiger partial charge in [-0.15, -0.1) is 0 Å². The van der Waals surface area contributed by atoms with Crippen LogP contribution < -0.4 is 5.32 Å². The van der Waals surface area contributed by atoms with Crippen LogP contribution in [0, 0.1) is 5.92 Å². The number of nitrogens with zero attached hydrogens (tertiary/aromatic N) is 1. The summed E-state index contributed by atoms with van der Waals surface area (Å²) in [5.74, 6) is 1.86. The molecule has 0 spiro atoms. The molecule has 0 radical (unpaired) electrons. The maximum Gasteiger partial charge on any atom is 0.120 e. The highest BCUT2D eigenvalue weighted by Gasteiger charge is 2.18. The second-order valence-corrected chi connectivity index (χ2v) is 4.63. The average molecular weight is 223 g/mol. The van der Waals surface area contributed by atoms with Crippen molar-refractivity contribution in [3.05, 3.63) is 17.2 Å². The summed E-state index contributed by atoms with van der Waals surface area (Å²) in [5, 5.41) is 3.30. The van der Waals surface area contributed by atoms with Gasteiger partial charge in [-0.2, -0.15) is 0 Å². The summed E-state index contributed by atoms with van der Waals surface area (Å²) < 4.78 is 4.98. The first kappa shape index (κ1) is 11.6. The molecule has 0 amide bonds. The lowest BCUT2D eigenvalue weighted by molar-refractivity contribution is 0.199. The highest BCUT2D eigenvalue weighted by Crippen LogP contribution is 2.23. The summed E-state index contributed by atoms with van der Waals surface area (Å²) in [7, 11) is 1.72. The third-order valence-corrected chi connectivity index (χ3v) is 3.12. The van der Waals surface area contributed by atoms with E-state index in [0.29, 0.717) is 0 Å². The summed E-state index contributed by atoms with van der Waals surface area (Å²) >= 11 is 0. The van der Waals surface area contributed by atoms with Crippen LogP contribution in [0.15, 0.2) is 0 Å². The lowest BCUT2D eigenvalue weighted by Crippen LogP contribution is -2.19. The first-order valence-corrected chi connectivity index (χ1v) is 6.06. The van der Waals surface area contributed by atoms with E-state index in [4.69, 9.17) is 4.74 Å². The Balaban J connectivity index is 1.87. The number of fused-ring (bicyclic) bond motifs is 1. The summed E-state index contributed by atoms with van der Waals surface area (Å²) in [6, 6.07) is 0. The number of imidazole rings is 1. The zero-order valence-corrected chi connectivity index (χ0v) is 10.2. The fraction of sp³-hybridized carbons (Fsp3) is 0.750. The number of hydrogen-bond acceptors (Lipinski definition) is 3. The van der Waals surface area contributed by atoms with Crippen molar-refractivity contribution in [3.63, 3.8) is 0 Å². The minimum absolute atomic E-state index is 0.747. The van der Waals surface area contributed by atoms with E-state index in [1.807, 2.05) is 0 Å². The SMILES string of the molecule is COCCNCc1nc2c([nH]1)CC(C)CC2. The van der Waals surface area contributed by atoms with E-state index in [-0.39, 0.29) is 0 Å². The topological polar surface area (TPSA) is 49.9 Å². The molecule has 1 aromatic rings. The van der Waals surface area contributed by atoms with Crippen molar-refractivity contribution in [2.24, 2.45) is 5.92 Å². The maximum atomic E-state index is 4.98. The maximum absolute atomic E-state index is 4.98. The van der Waals surface area contributed by atoms with E-state index >= 15 is 0 Å². The van der Waals surface area contributed by atoms with Crippen molar-refractivity contribution in [2.45, 2.75) is 32.7 Å². The number of aromatic amines is 1. The van der Waals surface area contributed by atoms with Crippen LogP contribution in [0.3, 0.4) is 0 Å². The molecule has 4 nitrogen and oxygen atoms in total. The van der Waals surface area contributed by atoms with Gasteiger partial charge in [0.15, 0.2) is 0 Å². The molecule has 4 heteroatoms. The van der Waals surface area contributed by atoms with Gasteiger partial charge in [-0.3, -0.25) is 0 Å². The highest BCUT2D eigenvalue weighted by molar-refractivity contribution is 5.18. The Kier molecular flexibility index (Phi) is 3.96. The van der Waals surface area contributed by atoms with E-state index < -0.39 is 0 Å². The molecule has 0 aromatic carbocycles. The van der Waals surface area contributed by atoms with Gasteiger partial charge in [-0.25, -0.2) is 4.98 Å². The quantitative estimate of drug-likeness (QED) is 0.739. The molecule has 1 aromatic heterocycles. The van der Waals surface area contributed by atoms with E-state index in [0.717, 1.165) is 44.3 Å². The smallest absolute Gasteiger partial charge is 0.120 e. The predicted octanol–water partition coefficient (Wildman–Crippen LogP) is 1.27. The Morgan fingerprint density at radius 3 is 3.25 bits per heavy atom. The summed E-state index contributed by atoms with van der Waals surface area (Å²) in [4.78, 5) is 8.05. The standard InChI is InChI=1S/C12H21N3O/c1-9-3-4-10-11(7-9)15-12(14-10)8-13-5-6-16-2/h9,13H,3-8H2,1-2H3,(H,14,15). The number of methoxy groups -OCH3 is 1. The third kappa shape index (κ3) is 2.83. The molecule has 90 valence electrons. The second-order valence-electron chi connectivity index (χ2n) is 4.63. The fourth-order valence-electron chi connectivity index (χ4n) is 2.18. The van der Waals surface area contributed by atoms with Crippen LogP contribution in [0.2, 0.25) is 0 Å².